The lowest BCUT2D eigenvalue weighted by Crippen LogP contribution is -2.38. The van der Waals surface area contributed by atoms with Crippen LogP contribution in [0.15, 0.2) is 40.5 Å². The highest BCUT2D eigenvalue weighted by molar-refractivity contribution is 7.98. The summed E-state index contributed by atoms with van der Waals surface area (Å²) >= 11 is 1.64. The van der Waals surface area contributed by atoms with Crippen molar-refractivity contribution >= 4 is 23.4 Å². The summed E-state index contributed by atoms with van der Waals surface area (Å²) < 4.78 is 5.61. The van der Waals surface area contributed by atoms with Crippen molar-refractivity contribution < 1.29 is 9.53 Å². The molecule has 124 valence electrons. The van der Waals surface area contributed by atoms with Gasteiger partial charge in [0, 0.05) is 29.2 Å². The van der Waals surface area contributed by atoms with Crippen LogP contribution in [-0.4, -0.2) is 17.9 Å². The summed E-state index contributed by atoms with van der Waals surface area (Å²) in [4.78, 5) is 13.9. The van der Waals surface area contributed by atoms with Gasteiger partial charge in [-0.05, 0) is 29.4 Å². The highest BCUT2D eigenvalue weighted by Crippen LogP contribution is 2.47. The topological polar surface area (TPSA) is 73.9 Å². The van der Waals surface area contributed by atoms with Gasteiger partial charge in [-0.2, -0.15) is 5.26 Å². The minimum absolute atomic E-state index is 0.0351. The fraction of sp³-hybridized carbons (Fsp3) is 0.421. The smallest absolute Gasteiger partial charge is 0.205 e. The number of carbonyl (C=O) groups excluding carboxylic acids is 1. The summed E-state index contributed by atoms with van der Waals surface area (Å²) in [6, 6.07) is 10.1. The maximum atomic E-state index is 12.8. The zero-order valence-corrected chi connectivity index (χ0v) is 14.9. The first-order chi connectivity index (χ1) is 11.4. The van der Waals surface area contributed by atoms with E-state index in [4.69, 9.17) is 10.1 Å². The molecular formula is C19H20N2O2S. The lowest BCUT2D eigenvalue weighted by molar-refractivity contribution is -0.119. The molecule has 1 aliphatic heterocycles. The molecule has 3 rings (SSSR count). The fourth-order valence-electron chi connectivity index (χ4n) is 3.53. The maximum absolute atomic E-state index is 12.8. The molecule has 0 spiro atoms. The largest absolute Gasteiger partial charge is 0.446 e. The number of thioether (sulfide) groups is 1. The molecule has 1 N–H and O–H groups in total. The van der Waals surface area contributed by atoms with Gasteiger partial charge in [0.1, 0.15) is 11.7 Å². The van der Waals surface area contributed by atoms with Gasteiger partial charge in [-0.25, -0.2) is 0 Å². The lowest BCUT2D eigenvalue weighted by atomic mass is 9.68. The van der Waals surface area contributed by atoms with Crippen LogP contribution in [0.2, 0.25) is 0 Å². The van der Waals surface area contributed by atoms with E-state index in [2.05, 4.69) is 6.07 Å². The minimum atomic E-state index is -0.756. The number of hydrogen-bond donors (Lipinski definition) is 1. The summed E-state index contributed by atoms with van der Waals surface area (Å²) in [6.07, 6.45) is 3.07. The zero-order valence-electron chi connectivity index (χ0n) is 14.1. The number of hydrogen-bond acceptors (Lipinski definition) is 5. The van der Waals surface area contributed by atoms with Crippen LogP contribution >= 0.6 is 11.8 Å². The van der Waals surface area contributed by atoms with Gasteiger partial charge in [0.05, 0.1) is 6.07 Å². The lowest BCUT2D eigenvalue weighted by Gasteiger charge is -2.39. The van der Waals surface area contributed by atoms with E-state index >= 15 is 0 Å². The number of carbonyl (C=O) groups is 1. The summed E-state index contributed by atoms with van der Waals surface area (Å²) in [6.45, 7) is 4.06. The first-order valence-electron chi connectivity index (χ1n) is 7.92. The molecule has 2 unspecified atom stereocenters. The van der Waals surface area contributed by atoms with Gasteiger partial charge >= 0.3 is 0 Å². The zero-order chi connectivity index (χ0) is 17.5. The van der Waals surface area contributed by atoms with E-state index in [9.17, 15) is 10.1 Å². The summed E-state index contributed by atoms with van der Waals surface area (Å²) in [7, 11) is 0. The van der Waals surface area contributed by atoms with Crippen LogP contribution in [0.5, 0.6) is 0 Å². The second-order valence-electron chi connectivity index (χ2n) is 7.10. The third-order valence-electron chi connectivity index (χ3n) is 4.65. The number of benzene rings is 1. The third kappa shape index (κ3) is 2.87. The molecule has 0 aromatic heterocycles. The van der Waals surface area contributed by atoms with Gasteiger partial charge < -0.3 is 4.74 Å². The molecule has 1 heterocycles. The molecule has 24 heavy (non-hydrogen) atoms. The number of nitriles is 1. The van der Waals surface area contributed by atoms with E-state index in [1.165, 1.54) is 0 Å². The van der Waals surface area contributed by atoms with Crippen molar-refractivity contribution in [3.05, 3.63) is 41.2 Å². The highest BCUT2D eigenvalue weighted by atomic mass is 32.2. The fourth-order valence-corrected chi connectivity index (χ4v) is 3.94. The van der Waals surface area contributed by atoms with E-state index in [-0.39, 0.29) is 17.1 Å². The minimum Gasteiger partial charge on any atom is -0.446 e. The molecule has 1 aromatic carbocycles. The molecule has 0 radical (unpaired) electrons. The number of Topliss-reactive ketones (excluding diaryl/α,β-unsaturated/α-hetero) is 1. The van der Waals surface area contributed by atoms with Crippen molar-refractivity contribution in [2.75, 3.05) is 6.26 Å². The second-order valence-corrected chi connectivity index (χ2v) is 7.98. The van der Waals surface area contributed by atoms with Crippen LogP contribution in [0.1, 0.15) is 38.2 Å². The van der Waals surface area contributed by atoms with E-state index in [1.807, 2.05) is 44.4 Å². The maximum Gasteiger partial charge on any atom is 0.205 e. The van der Waals surface area contributed by atoms with Crippen LogP contribution < -0.4 is 0 Å². The summed E-state index contributed by atoms with van der Waals surface area (Å²) in [5, 5.41) is 17.7. The number of ketones is 1. The Hall–Kier alpha value is -2.06. The van der Waals surface area contributed by atoms with Gasteiger partial charge in [0.15, 0.2) is 5.78 Å². The molecule has 0 fully saturated rings. The van der Waals surface area contributed by atoms with Crippen LogP contribution in [0.4, 0.5) is 0 Å². The van der Waals surface area contributed by atoms with Crippen molar-refractivity contribution in [3.8, 4) is 6.07 Å². The Morgan fingerprint density at radius 3 is 2.54 bits per heavy atom. The first-order valence-corrected chi connectivity index (χ1v) is 9.15. The van der Waals surface area contributed by atoms with E-state index in [1.54, 1.807) is 11.8 Å². The van der Waals surface area contributed by atoms with Crippen molar-refractivity contribution in [2.45, 2.75) is 37.5 Å². The molecule has 1 aliphatic carbocycles. The van der Waals surface area contributed by atoms with Crippen molar-refractivity contribution in [1.29, 1.82) is 10.7 Å². The molecule has 2 atom stereocenters. The highest BCUT2D eigenvalue weighted by Gasteiger charge is 2.46. The Kier molecular flexibility index (Phi) is 4.27. The molecule has 4 nitrogen and oxygen atoms in total. The van der Waals surface area contributed by atoms with Crippen LogP contribution in [-0.2, 0) is 9.53 Å². The van der Waals surface area contributed by atoms with Gasteiger partial charge in [-0.1, -0.05) is 26.0 Å². The van der Waals surface area contributed by atoms with Crippen LogP contribution in [0, 0.1) is 28.1 Å². The van der Waals surface area contributed by atoms with E-state index < -0.39 is 11.8 Å². The van der Waals surface area contributed by atoms with Crippen molar-refractivity contribution in [3.63, 3.8) is 0 Å². The van der Waals surface area contributed by atoms with Crippen LogP contribution in [0.25, 0.3) is 0 Å². The van der Waals surface area contributed by atoms with Crippen LogP contribution in [0.3, 0.4) is 0 Å². The van der Waals surface area contributed by atoms with Gasteiger partial charge in [0.2, 0.25) is 5.90 Å². The summed E-state index contributed by atoms with van der Waals surface area (Å²) in [5.74, 6) is -0.611. The number of allylic oxidation sites excluding steroid dienone is 2. The normalized spacial score (nSPS) is 25.8. The average molecular weight is 340 g/mol. The Labute approximate surface area is 146 Å². The number of nitrogens with one attached hydrogen (secondary N) is 1. The standard InChI is InChI=1S/C19H20N2O2S/c1-19(2)8-14(22)17-15(9-19)23-18(21)13(10-20)16(17)11-4-6-12(24-3)7-5-11/h4-7,13,16,21H,8-9H2,1-3H3. The summed E-state index contributed by atoms with van der Waals surface area (Å²) in [5.41, 5.74) is 1.31. The monoisotopic (exact) mass is 340 g/mol. The van der Waals surface area contributed by atoms with Crippen molar-refractivity contribution in [2.24, 2.45) is 11.3 Å². The van der Waals surface area contributed by atoms with Crippen molar-refractivity contribution in [1.82, 2.24) is 0 Å². The number of nitrogens with zero attached hydrogens (tertiary/aromatic N) is 1. The Balaban J connectivity index is 2.13. The SMILES string of the molecule is CSc1ccc(C2C3=C(CC(C)(C)CC3=O)OC(=N)C2C#N)cc1. The molecule has 0 bridgehead atoms. The first kappa shape index (κ1) is 16.8. The molecule has 1 aromatic rings. The molecule has 0 amide bonds. The van der Waals surface area contributed by atoms with E-state index in [0.717, 1.165) is 10.5 Å². The second kappa shape index (κ2) is 6.10. The number of rotatable bonds is 2. The quantitative estimate of drug-likeness (QED) is 0.815. The predicted molar refractivity (Wildman–Crippen MR) is 93.9 cm³/mol. The molecule has 0 saturated carbocycles. The molecule has 0 saturated heterocycles. The molecule has 2 aliphatic rings. The van der Waals surface area contributed by atoms with Gasteiger partial charge in [-0.15, -0.1) is 11.8 Å². The third-order valence-corrected chi connectivity index (χ3v) is 5.40. The molecular weight excluding hydrogens is 320 g/mol. The van der Waals surface area contributed by atoms with Gasteiger partial charge in [-0.3, -0.25) is 10.2 Å². The van der Waals surface area contributed by atoms with E-state index in [0.29, 0.717) is 24.2 Å². The average Bonchev–Trinajstić information content (AvgIpc) is 2.52. The molecule has 5 heteroatoms. The Bertz CT molecular complexity index is 772. The Morgan fingerprint density at radius 2 is 1.96 bits per heavy atom. The predicted octanol–water partition coefficient (Wildman–Crippen LogP) is 4.28. The van der Waals surface area contributed by atoms with Gasteiger partial charge in [0.25, 0.3) is 0 Å². The Morgan fingerprint density at radius 1 is 1.29 bits per heavy atom. The number of ether oxygens (including phenoxy) is 1.